The lowest BCUT2D eigenvalue weighted by Gasteiger charge is -2.09. The van der Waals surface area contributed by atoms with Gasteiger partial charge in [-0.25, -0.2) is 0 Å². The number of aryl methyl sites for hydroxylation is 2. The SMILES string of the molecule is COc1cccc2cc(C)n(CCC(=O)O)c12. The second-order valence-electron chi connectivity index (χ2n) is 3.98. The summed E-state index contributed by atoms with van der Waals surface area (Å²) in [6.07, 6.45) is 0.114. The molecule has 0 atom stereocenters. The number of methoxy groups -OCH3 is 1. The first-order valence-electron chi connectivity index (χ1n) is 5.48. The standard InChI is InChI=1S/C13H15NO3/c1-9-8-10-4-3-5-11(17-2)13(10)14(9)7-6-12(15)16/h3-5,8H,6-7H2,1-2H3,(H,15,16). The van der Waals surface area contributed by atoms with E-state index >= 15 is 0 Å². The van der Waals surface area contributed by atoms with E-state index in [1.165, 1.54) is 0 Å². The molecule has 0 aliphatic carbocycles. The van der Waals surface area contributed by atoms with Crippen LogP contribution in [0.15, 0.2) is 24.3 Å². The maximum atomic E-state index is 10.7. The molecule has 17 heavy (non-hydrogen) atoms. The van der Waals surface area contributed by atoms with E-state index in [9.17, 15) is 4.79 Å². The number of hydrogen-bond acceptors (Lipinski definition) is 2. The number of hydrogen-bond donors (Lipinski definition) is 1. The van der Waals surface area contributed by atoms with Crippen molar-refractivity contribution in [3.8, 4) is 5.75 Å². The molecule has 2 aromatic rings. The van der Waals surface area contributed by atoms with Gasteiger partial charge in [-0.05, 0) is 19.1 Å². The number of carboxylic acids is 1. The van der Waals surface area contributed by atoms with E-state index < -0.39 is 5.97 Å². The number of para-hydroxylation sites is 1. The lowest BCUT2D eigenvalue weighted by Crippen LogP contribution is -2.06. The molecule has 0 bridgehead atoms. The van der Waals surface area contributed by atoms with Gasteiger partial charge in [0, 0.05) is 17.6 Å². The third-order valence-corrected chi connectivity index (χ3v) is 2.86. The van der Waals surface area contributed by atoms with Gasteiger partial charge >= 0.3 is 5.97 Å². The minimum absolute atomic E-state index is 0.114. The van der Waals surface area contributed by atoms with Crippen molar-refractivity contribution in [2.75, 3.05) is 7.11 Å². The first-order chi connectivity index (χ1) is 8.13. The molecule has 4 heteroatoms. The topological polar surface area (TPSA) is 51.5 Å². The molecule has 0 fully saturated rings. The van der Waals surface area contributed by atoms with Gasteiger partial charge in [0.05, 0.1) is 19.0 Å². The molecule has 2 rings (SSSR count). The molecule has 0 spiro atoms. The van der Waals surface area contributed by atoms with Crippen molar-refractivity contribution in [2.45, 2.75) is 19.9 Å². The zero-order valence-electron chi connectivity index (χ0n) is 9.93. The first kappa shape index (κ1) is 11.5. The highest BCUT2D eigenvalue weighted by molar-refractivity contribution is 5.87. The Morgan fingerprint density at radius 1 is 1.47 bits per heavy atom. The van der Waals surface area contributed by atoms with Gasteiger partial charge in [0.2, 0.25) is 0 Å². The summed E-state index contributed by atoms with van der Waals surface area (Å²) in [6, 6.07) is 7.86. The predicted octanol–water partition coefficient (Wildman–Crippen LogP) is 2.43. The molecular formula is C13H15NO3. The number of carbonyl (C=O) groups is 1. The summed E-state index contributed by atoms with van der Waals surface area (Å²) in [5.41, 5.74) is 2.01. The van der Waals surface area contributed by atoms with Gasteiger partial charge in [0.25, 0.3) is 0 Å². The molecule has 0 aliphatic heterocycles. The fourth-order valence-corrected chi connectivity index (χ4v) is 2.08. The van der Waals surface area contributed by atoms with E-state index in [4.69, 9.17) is 9.84 Å². The van der Waals surface area contributed by atoms with Crippen LogP contribution in [0.3, 0.4) is 0 Å². The molecule has 0 saturated carbocycles. The maximum Gasteiger partial charge on any atom is 0.305 e. The van der Waals surface area contributed by atoms with Gasteiger partial charge < -0.3 is 14.4 Å². The summed E-state index contributed by atoms with van der Waals surface area (Å²) in [4.78, 5) is 10.7. The molecular weight excluding hydrogens is 218 g/mol. The predicted molar refractivity (Wildman–Crippen MR) is 65.5 cm³/mol. The van der Waals surface area contributed by atoms with E-state index in [0.29, 0.717) is 6.54 Å². The third kappa shape index (κ3) is 2.11. The highest BCUT2D eigenvalue weighted by Gasteiger charge is 2.11. The van der Waals surface area contributed by atoms with Crippen molar-refractivity contribution in [1.82, 2.24) is 4.57 Å². The Kier molecular flexibility index (Phi) is 3.04. The van der Waals surface area contributed by atoms with Crippen molar-refractivity contribution < 1.29 is 14.6 Å². The number of aromatic nitrogens is 1. The van der Waals surface area contributed by atoms with Crippen molar-refractivity contribution in [3.63, 3.8) is 0 Å². The fraction of sp³-hybridized carbons (Fsp3) is 0.308. The molecule has 0 aliphatic rings. The Morgan fingerprint density at radius 3 is 2.88 bits per heavy atom. The van der Waals surface area contributed by atoms with Crippen LogP contribution in [0.25, 0.3) is 10.9 Å². The summed E-state index contributed by atoms with van der Waals surface area (Å²) < 4.78 is 7.31. The van der Waals surface area contributed by atoms with E-state index in [1.807, 2.05) is 35.8 Å². The Morgan fingerprint density at radius 2 is 2.24 bits per heavy atom. The largest absolute Gasteiger partial charge is 0.495 e. The third-order valence-electron chi connectivity index (χ3n) is 2.86. The van der Waals surface area contributed by atoms with E-state index in [1.54, 1.807) is 7.11 Å². The van der Waals surface area contributed by atoms with Crippen molar-refractivity contribution in [2.24, 2.45) is 0 Å². The van der Waals surface area contributed by atoms with Gasteiger partial charge in [0.1, 0.15) is 5.75 Å². The molecule has 0 unspecified atom stereocenters. The molecule has 4 nitrogen and oxygen atoms in total. The zero-order valence-corrected chi connectivity index (χ0v) is 9.93. The number of carboxylic acid groups (broad SMARTS) is 1. The number of benzene rings is 1. The van der Waals surface area contributed by atoms with Crippen LogP contribution in [0.1, 0.15) is 12.1 Å². The van der Waals surface area contributed by atoms with Gasteiger partial charge in [-0.2, -0.15) is 0 Å². The second-order valence-corrected chi connectivity index (χ2v) is 3.98. The number of nitrogens with zero attached hydrogens (tertiary/aromatic N) is 1. The zero-order chi connectivity index (χ0) is 12.4. The first-order valence-corrected chi connectivity index (χ1v) is 5.48. The molecule has 0 radical (unpaired) electrons. The van der Waals surface area contributed by atoms with Gasteiger partial charge in [-0.15, -0.1) is 0 Å². The second kappa shape index (κ2) is 4.49. The van der Waals surface area contributed by atoms with E-state index in [-0.39, 0.29) is 6.42 Å². The molecule has 1 aromatic carbocycles. The van der Waals surface area contributed by atoms with Crippen molar-refractivity contribution >= 4 is 16.9 Å². The van der Waals surface area contributed by atoms with Crippen LogP contribution in [0.5, 0.6) is 5.75 Å². The van der Waals surface area contributed by atoms with E-state index in [0.717, 1.165) is 22.3 Å². The lowest BCUT2D eigenvalue weighted by atomic mass is 10.2. The van der Waals surface area contributed by atoms with Crippen molar-refractivity contribution in [1.29, 1.82) is 0 Å². The summed E-state index contributed by atoms with van der Waals surface area (Å²) in [6.45, 7) is 2.44. The maximum absolute atomic E-state index is 10.7. The molecule has 0 saturated heterocycles. The average molecular weight is 233 g/mol. The number of aliphatic carboxylic acids is 1. The number of ether oxygens (including phenoxy) is 1. The minimum Gasteiger partial charge on any atom is -0.495 e. The van der Waals surface area contributed by atoms with Crippen molar-refractivity contribution in [3.05, 3.63) is 30.0 Å². The average Bonchev–Trinajstić information content (AvgIpc) is 2.61. The van der Waals surface area contributed by atoms with E-state index in [2.05, 4.69) is 0 Å². The van der Waals surface area contributed by atoms with Crippen LogP contribution < -0.4 is 4.74 Å². The monoisotopic (exact) mass is 233 g/mol. The highest BCUT2D eigenvalue weighted by atomic mass is 16.5. The fourth-order valence-electron chi connectivity index (χ4n) is 2.08. The molecule has 0 amide bonds. The number of rotatable bonds is 4. The van der Waals surface area contributed by atoms with Gasteiger partial charge in [0.15, 0.2) is 0 Å². The summed E-state index contributed by atoms with van der Waals surface area (Å²) >= 11 is 0. The minimum atomic E-state index is -0.791. The Bertz CT molecular complexity index is 557. The Balaban J connectivity index is 2.52. The quantitative estimate of drug-likeness (QED) is 0.882. The van der Waals surface area contributed by atoms with Crippen LogP contribution in [0.4, 0.5) is 0 Å². The lowest BCUT2D eigenvalue weighted by molar-refractivity contribution is -0.137. The van der Waals surface area contributed by atoms with Gasteiger partial charge in [-0.1, -0.05) is 12.1 Å². The van der Waals surface area contributed by atoms with Gasteiger partial charge in [-0.3, -0.25) is 4.79 Å². The summed E-state index contributed by atoms with van der Waals surface area (Å²) in [5.74, 6) is -0.0119. The highest BCUT2D eigenvalue weighted by Crippen LogP contribution is 2.28. The van der Waals surface area contributed by atoms with Crippen LogP contribution in [-0.4, -0.2) is 22.8 Å². The van der Waals surface area contributed by atoms with Crippen LogP contribution in [0, 0.1) is 6.92 Å². The Hall–Kier alpha value is -1.97. The Labute approximate surface area is 99.4 Å². The molecule has 1 heterocycles. The summed E-state index contributed by atoms with van der Waals surface area (Å²) in [5, 5.41) is 9.83. The van der Waals surface area contributed by atoms with Crippen LogP contribution in [0.2, 0.25) is 0 Å². The molecule has 90 valence electrons. The molecule has 1 aromatic heterocycles. The normalized spacial score (nSPS) is 10.7. The molecule has 1 N–H and O–H groups in total. The number of fused-ring (bicyclic) bond motifs is 1. The smallest absolute Gasteiger partial charge is 0.305 e. The van der Waals surface area contributed by atoms with Crippen LogP contribution >= 0.6 is 0 Å². The summed E-state index contributed by atoms with van der Waals surface area (Å²) in [7, 11) is 1.62. The van der Waals surface area contributed by atoms with Crippen LogP contribution in [-0.2, 0) is 11.3 Å².